The Morgan fingerprint density at radius 1 is 1.22 bits per heavy atom. The second kappa shape index (κ2) is 3.98. The van der Waals surface area contributed by atoms with Gasteiger partial charge in [0.15, 0.2) is 0 Å². The lowest BCUT2D eigenvalue weighted by molar-refractivity contribution is 0.414. The van der Waals surface area contributed by atoms with Crippen LogP contribution in [-0.2, 0) is 19.9 Å². The van der Waals surface area contributed by atoms with E-state index in [4.69, 9.17) is 4.74 Å². The fraction of sp³-hybridized carbons (Fsp3) is 0.286. The topological polar surface area (TPSA) is 44.1 Å². The molecular weight excluding hydrogens is 228 g/mol. The Bertz CT molecular complexity index is 674. The van der Waals surface area contributed by atoms with Crippen molar-refractivity contribution in [1.29, 1.82) is 0 Å². The van der Waals surface area contributed by atoms with Crippen molar-refractivity contribution in [2.75, 3.05) is 7.11 Å². The molecular formula is C14H14N2O2. The zero-order valence-electron chi connectivity index (χ0n) is 10.4. The largest absolute Gasteiger partial charge is 0.497 e. The Kier molecular flexibility index (Phi) is 2.44. The molecule has 4 heteroatoms. The predicted molar refractivity (Wildman–Crippen MR) is 68.9 cm³/mol. The predicted octanol–water partition coefficient (Wildman–Crippen LogP) is 1.55. The minimum Gasteiger partial charge on any atom is -0.497 e. The van der Waals surface area contributed by atoms with Gasteiger partial charge in [-0.25, -0.2) is 4.68 Å². The first kappa shape index (κ1) is 11.0. The van der Waals surface area contributed by atoms with Gasteiger partial charge < -0.3 is 4.74 Å². The summed E-state index contributed by atoms with van der Waals surface area (Å²) < 4.78 is 6.62. The molecule has 0 bridgehead atoms. The van der Waals surface area contributed by atoms with E-state index < -0.39 is 0 Å². The molecule has 0 saturated heterocycles. The summed E-state index contributed by atoms with van der Waals surface area (Å²) in [4.78, 5) is 11.6. The van der Waals surface area contributed by atoms with Gasteiger partial charge in [-0.05, 0) is 42.2 Å². The van der Waals surface area contributed by atoms with Crippen molar-refractivity contribution in [2.24, 2.45) is 7.05 Å². The maximum absolute atomic E-state index is 11.6. The highest BCUT2D eigenvalue weighted by molar-refractivity contribution is 5.70. The molecule has 0 unspecified atom stereocenters. The summed E-state index contributed by atoms with van der Waals surface area (Å²) in [5, 5.41) is 4.37. The van der Waals surface area contributed by atoms with E-state index in [1.54, 1.807) is 20.2 Å². The summed E-state index contributed by atoms with van der Waals surface area (Å²) in [6, 6.07) is 7.69. The maximum Gasteiger partial charge on any atom is 0.266 e. The minimum absolute atomic E-state index is 0.0503. The van der Waals surface area contributed by atoms with Gasteiger partial charge in [-0.15, -0.1) is 0 Å². The molecule has 3 rings (SSSR count). The van der Waals surface area contributed by atoms with Crippen LogP contribution in [-0.4, -0.2) is 16.9 Å². The number of benzene rings is 1. The summed E-state index contributed by atoms with van der Waals surface area (Å²) in [7, 11) is 3.35. The van der Waals surface area contributed by atoms with Crippen LogP contribution in [0.25, 0.3) is 11.3 Å². The molecule has 0 saturated carbocycles. The second-order valence-electron chi connectivity index (χ2n) is 4.50. The molecule has 0 atom stereocenters. The van der Waals surface area contributed by atoms with E-state index >= 15 is 0 Å². The molecule has 1 heterocycles. The van der Waals surface area contributed by atoms with Crippen molar-refractivity contribution in [2.45, 2.75) is 12.8 Å². The van der Waals surface area contributed by atoms with Gasteiger partial charge in [0.2, 0.25) is 0 Å². The van der Waals surface area contributed by atoms with Crippen molar-refractivity contribution in [3.8, 4) is 17.0 Å². The lowest BCUT2D eigenvalue weighted by Gasteiger charge is -2.19. The van der Waals surface area contributed by atoms with Crippen LogP contribution in [0.5, 0.6) is 5.75 Å². The molecule has 18 heavy (non-hydrogen) atoms. The third-order valence-electron chi connectivity index (χ3n) is 3.40. The fourth-order valence-electron chi connectivity index (χ4n) is 2.40. The summed E-state index contributed by atoms with van der Waals surface area (Å²) in [5.74, 6) is 0.863. The quantitative estimate of drug-likeness (QED) is 0.762. The van der Waals surface area contributed by atoms with Crippen molar-refractivity contribution in [3.05, 3.63) is 45.7 Å². The third kappa shape index (κ3) is 1.61. The lowest BCUT2D eigenvalue weighted by Crippen LogP contribution is -2.22. The second-order valence-corrected chi connectivity index (χ2v) is 4.50. The Morgan fingerprint density at radius 2 is 2.00 bits per heavy atom. The molecule has 0 amide bonds. The normalized spacial score (nSPS) is 12.8. The first-order valence-electron chi connectivity index (χ1n) is 5.93. The van der Waals surface area contributed by atoms with Crippen LogP contribution in [0.2, 0.25) is 0 Å². The highest BCUT2D eigenvalue weighted by Crippen LogP contribution is 2.33. The van der Waals surface area contributed by atoms with Crippen LogP contribution >= 0.6 is 0 Å². The highest BCUT2D eigenvalue weighted by Gasteiger charge is 2.19. The van der Waals surface area contributed by atoms with Crippen molar-refractivity contribution < 1.29 is 4.74 Å². The van der Waals surface area contributed by atoms with Gasteiger partial charge >= 0.3 is 0 Å². The average molecular weight is 242 g/mol. The zero-order chi connectivity index (χ0) is 12.7. The summed E-state index contributed by atoms with van der Waals surface area (Å²) >= 11 is 0. The van der Waals surface area contributed by atoms with E-state index in [1.165, 1.54) is 10.2 Å². The van der Waals surface area contributed by atoms with Crippen LogP contribution < -0.4 is 10.3 Å². The van der Waals surface area contributed by atoms with Crippen LogP contribution in [0, 0.1) is 0 Å². The van der Waals surface area contributed by atoms with Gasteiger partial charge in [0.25, 0.3) is 5.56 Å². The first-order chi connectivity index (χ1) is 8.69. The van der Waals surface area contributed by atoms with Crippen LogP contribution in [0.3, 0.4) is 0 Å². The number of hydrogen-bond acceptors (Lipinski definition) is 3. The number of nitrogens with zero attached hydrogens (tertiary/aromatic N) is 2. The smallest absolute Gasteiger partial charge is 0.266 e. The Labute approximate surface area is 105 Å². The van der Waals surface area contributed by atoms with E-state index in [9.17, 15) is 4.79 Å². The zero-order valence-corrected chi connectivity index (χ0v) is 10.4. The molecule has 1 aliphatic carbocycles. The maximum atomic E-state index is 11.6. The molecule has 2 aromatic rings. The Hall–Kier alpha value is -2.10. The number of hydrogen-bond donors (Lipinski definition) is 0. The minimum atomic E-state index is -0.0503. The highest BCUT2D eigenvalue weighted by atomic mass is 16.5. The van der Waals surface area contributed by atoms with Gasteiger partial charge in [0.1, 0.15) is 5.75 Å². The Balaban J connectivity index is 2.22. The van der Waals surface area contributed by atoms with E-state index in [0.29, 0.717) is 0 Å². The van der Waals surface area contributed by atoms with E-state index in [2.05, 4.69) is 5.10 Å². The molecule has 1 aromatic heterocycles. The molecule has 0 radical (unpaired) electrons. The molecule has 4 nitrogen and oxygen atoms in total. The Morgan fingerprint density at radius 3 is 2.78 bits per heavy atom. The van der Waals surface area contributed by atoms with Crippen LogP contribution in [0.1, 0.15) is 11.1 Å². The van der Waals surface area contributed by atoms with Gasteiger partial charge in [-0.1, -0.05) is 0 Å². The monoisotopic (exact) mass is 242 g/mol. The SMILES string of the molecule is COc1ccc2c(c1)CCc1cc(=O)n(C)nc1-2. The number of methoxy groups -OCH3 is 1. The number of rotatable bonds is 1. The molecule has 92 valence electrons. The summed E-state index contributed by atoms with van der Waals surface area (Å²) in [6.45, 7) is 0. The lowest BCUT2D eigenvalue weighted by atomic mass is 9.89. The standard InChI is InChI=1S/C14H14N2O2/c1-16-13(17)8-10-4-3-9-7-11(18-2)5-6-12(9)14(10)15-16/h5-8H,3-4H2,1-2H3. The van der Waals surface area contributed by atoms with E-state index in [1.807, 2.05) is 18.2 Å². The van der Waals surface area contributed by atoms with E-state index in [-0.39, 0.29) is 5.56 Å². The number of aryl methyl sites for hydroxylation is 3. The molecule has 0 spiro atoms. The molecule has 1 aromatic carbocycles. The number of fused-ring (bicyclic) bond motifs is 3. The molecule has 1 aliphatic rings. The fourth-order valence-corrected chi connectivity index (χ4v) is 2.40. The first-order valence-corrected chi connectivity index (χ1v) is 5.93. The van der Waals surface area contributed by atoms with Gasteiger partial charge in [0, 0.05) is 18.7 Å². The number of aromatic nitrogens is 2. The van der Waals surface area contributed by atoms with Crippen molar-refractivity contribution >= 4 is 0 Å². The van der Waals surface area contributed by atoms with Crippen LogP contribution in [0.4, 0.5) is 0 Å². The molecule has 0 N–H and O–H groups in total. The third-order valence-corrected chi connectivity index (χ3v) is 3.40. The average Bonchev–Trinajstić information content (AvgIpc) is 2.39. The van der Waals surface area contributed by atoms with Gasteiger partial charge in [0.05, 0.1) is 12.8 Å². The summed E-state index contributed by atoms with van der Waals surface area (Å²) in [5.41, 5.74) is 4.24. The summed E-state index contributed by atoms with van der Waals surface area (Å²) in [6.07, 6.45) is 1.78. The van der Waals surface area contributed by atoms with E-state index in [0.717, 1.165) is 35.4 Å². The van der Waals surface area contributed by atoms with Crippen molar-refractivity contribution in [3.63, 3.8) is 0 Å². The molecule has 0 aliphatic heterocycles. The molecule has 0 fully saturated rings. The van der Waals surface area contributed by atoms with Crippen molar-refractivity contribution in [1.82, 2.24) is 9.78 Å². The van der Waals surface area contributed by atoms with Gasteiger partial charge in [-0.3, -0.25) is 4.79 Å². The van der Waals surface area contributed by atoms with Crippen LogP contribution in [0.15, 0.2) is 29.1 Å². The van der Waals surface area contributed by atoms with Gasteiger partial charge in [-0.2, -0.15) is 5.10 Å². The number of ether oxygens (including phenoxy) is 1.